The highest BCUT2D eigenvalue weighted by Gasteiger charge is 2.02. The lowest BCUT2D eigenvalue weighted by atomic mass is 10.0. The van der Waals surface area contributed by atoms with Gasteiger partial charge in [0.15, 0.2) is 0 Å². The van der Waals surface area contributed by atoms with Gasteiger partial charge in [0, 0.05) is 0 Å². The molecule has 0 aliphatic carbocycles. The maximum absolute atomic E-state index is 8.88. The van der Waals surface area contributed by atoms with E-state index in [1.807, 2.05) is 13.8 Å². The van der Waals surface area contributed by atoms with E-state index in [0.29, 0.717) is 0 Å². The number of hydrogen-bond donors (Lipinski definition) is 12. The van der Waals surface area contributed by atoms with Gasteiger partial charge in [0.25, 0.3) is 0 Å². The summed E-state index contributed by atoms with van der Waals surface area (Å²) in [5.41, 5.74) is 0. The summed E-state index contributed by atoms with van der Waals surface area (Å²) in [7, 11) is -18.6. The van der Waals surface area contributed by atoms with Gasteiger partial charge in [-0.3, -0.25) is 0 Å². The zero-order chi connectivity index (χ0) is 51.6. The van der Waals surface area contributed by atoms with Crippen molar-refractivity contribution in [3.8, 4) is 0 Å². The van der Waals surface area contributed by atoms with E-state index in [1.165, 1.54) is 250 Å². The number of phosphoric acid groups is 4. The van der Waals surface area contributed by atoms with Gasteiger partial charge in [0.2, 0.25) is 0 Å². The molecule has 0 atom stereocenters. The highest BCUT2D eigenvalue weighted by molar-refractivity contribution is 7.45. The molecule has 22 heteroatoms. The van der Waals surface area contributed by atoms with Gasteiger partial charge in [0.05, 0.1) is 0 Å². The third-order valence-corrected chi connectivity index (χ3v) is 9.66. The summed E-state index contributed by atoms with van der Waals surface area (Å²) in [6.45, 7) is 13.2. The van der Waals surface area contributed by atoms with Crippen LogP contribution in [0.25, 0.3) is 0 Å². The van der Waals surface area contributed by atoms with E-state index in [2.05, 4.69) is 27.7 Å². The molecule has 18 nitrogen and oxygen atoms in total. The minimum Gasteiger partial charge on any atom is -0.412 e. The molecule has 0 radical (unpaired) electrons. The Bertz CT molecular complexity index is 874. The average Bonchev–Trinajstić information content (AvgIpc) is 3.17. The second-order valence-corrected chi connectivity index (χ2v) is 20.5. The Kier molecular flexibility index (Phi) is 99.0. The van der Waals surface area contributed by atoms with Gasteiger partial charge >= 0.3 is 31.3 Å². The summed E-state index contributed by atoms with van der Waals surface area (Å²) < 4.78 is 35.5. The van der Waals surface area contributed by atoms with Crippen LogP contribution in [-0.2, 0) is 18.3 Å². The van der Waals surface area contributed by atoms with Gasteiger partial charge in [-0.25, -0.2) is 18.3 Å². The van der Waals surface area contributed by atoms with Gasteiger partial charge in [-0.15, -0.1) is 0 Å². The monoisotopic (exact) mass is 1080 g/mol. The lowest BCUT2D eigenvalue weighted by Gasteiger charge is -2.03. The number of unbranched alkanes of at least 4 members (excludes halogenated alkanes) is 37. The van der Waals surface area contributed by atoms with Crippen LogP contribution in [0.15, 0.2) is 0 Å². The molecule has 0 saturated heterocycles. The second-order valence-electron chi connectivity index (χ2n) is 16.4. The van der Waals surface area contributed by atoms with Crippen LogP contribution in [0.5, 0.6) is 0 Å². The van der Waals surface area contributed by atoms with Crippen molar-refractivity contribution < 1.29 is 87.9 Å². The molecule has 0 saturated carbocycles. The summed E-state index contributed by atoms with van der Waals surface area (Å²) in [6, 6.07) is 0. The Hall–Kier alpha value is 0.360. The van der Waals surface area contributed by atoms with Gasteiger partial charge < -0.3 is 69.7 Å². The summed E-state index contributed by atoms with van der Waals surface area (Å²) in [4.78, 5) is 86.2. The topological polar surface area (TPSA) is 374 Å². The van der Waals surface area contributed by atoms with Crippen LogP contribution in [0, 0.1) is 0 Å². The molecule has 0 unspecified atom stereocenters. The second kappa shape index (κ2) is 73.9. The molecule has 0 spiro atoms. The fourth-order valence-corrected chi connectivity index (χ4v) is 6.48. The van der Waals surface area contributed by atoms with Crippen LogP contribution in [-0.4, -0.2) is 69.7 Å². The first-order valence-corrected chi connectivity index (χ1v) is 31.7. The third kappa shape index (κ3) is 203. The van der Waals surface area contributed by atoms with Crippen LogP contribution in [0.1, 0.15) is 299 Å². The fraction of sp³-hybridized carbons (Fsp3) is 1.00. The van der Waals surface area contributed by atoms with Crippen molar-refractivity contribution in [1.29, 1.82) is 0 Å². The van der Waals surface area contributed by atoms with E-state index in [1.54, 1.807) is 0 Å². The predicted octanol–water partition coefficient (Wildman–Crippen LogP) is 13.6. The van der Waals surface area contributed by atoms with Crippen molar-refractivity contribution in [3.05, 3.63) is 0 Å². The van der Waals surface area contributed by atoms with Gasteiger partial charge in [-0.05, 0) is 0 Å². The molecular weight excluding hydrogens is 964 g/mol. The van der Waals surface area contributed by atoms with Crippen molar-refractivity contribution in [2.45, 2.75) is 299 Å². The molecule has 0 aromatic heterocycles. The fourth-order valence-electron chi connectivity index (χ4n) is 6.48. The van der Waals surface area contributed by atoms with Crippen LogP contribution in [0.3, 0.4) is 0 Å². The standard InChI is InChI=1S/C22H46.C21H44.C2H6.CH4.4H3O4P.2H2O/c1-3-5-7-9-11-13-15-17-19-21-22-20-18-16-14-12-10-8-6-4-2;1-3-5-7-9-11-13-15-17-19-21-20-18-16-14-12-10-8-6-4-2;1-2;;4*1-5(2,3)4;;/h3-22H2,1-2H3;3-21H2,1-2H3;1-2H3;1H4;4*(H3,1,2,3,4);2*1H2. The largest absolute Gasteiger partial charge is 0.466 e. The summed E-state index contributed by atoms with van der Waals surface area (Å²) in [5, 5.41) is 0. The first-order valence-electron chi connectivity index (χ1n) is 25.5. The van der Waals surface area contributed by atoms with E-state index in [4.69, 9.17) is 77.0 Å². The first-order chi connectivity index (χ1) is 30.3. The molecule has 0 amide bonds. The molecular formula is C46H116O18P4. The first kappa shape index (κ1) is 91.1. The van der Waals surface area contributed by atoms with E-state index in [9.17, 15) is 0 Å². The SMILES string of the molecule is C.CC.CCCCCCCCCCCCCCCCCCCCC.CCCCCCCCCCCCCCCCCCCCCC.O.O.O=P(O)(O)O.O=P(O)(O)O.O=P(O)(O)O.O=P(O)(O)O. The van der Waals surface area contributed by atoms with Crippen molar-refractivity contribution in [1.82, 2.24) is 0 Å². The molecule has 0 aliphatic rings. The third-order valence-electron chi connectivity index (χ3n) is 9.66. The smallest absolute Gasteiger partial charge is 0.412 e. The Labute approximate surface area is 417 Å². The maximum atomic E-state index is 8.88. The maximum Gasteiger partial charge on any atom is 0.466 e. The summed E-state index contributed by atoms with van der Waals surface area (Å²) in [6.07, 6.45) is 57.3. The molecule has 0 bridgehead atoms. The molecule has 0 aliphatic heterocycles. The van der Waals surface area contributed by atoms with Crippen LogP contribution in [0.2, 0.25) is 0 Å². The lowest BCUT2D eigenvalue weighted by molar-refractivity contribution is 0.272. The van der Waals surface area contributed by atoms with E-state index in [0.717, 1.165) is 0 Å². The van der Waals surface area contributed by atoms with Crippen LogP contribution >= 0.6 is 31.3 Å². The summed E-state index contributed by atoms with van der Waals surface area (Å²) >= 11 is 0. The molecule has 0 heterocycles. The molecule has 16 N–H and O–H groups in total. The Morgan fingerprint density at radius 1 is 0.206 bits per heavy atom. The Morgan fingerprint density at radius 2 is 0.250 bits per heavy atom. The molecule has 0 fully saturated rings. The molecule has 0 aromatic rings. The molecule has 68 heavy (non-hydrogen) atoms. The van der Waals surface area contributed by atoms with Gasteiger partial charge in [-0.2, -0.15) is 0 Å². The van der Waals surface area contributed by atoms with Crippen LogP contribution < -0.4 is 0 Å². The highest BCUT2D eigenvalue weighted by atomic mass is 31.2. The highest BCUT2D eigenvalue weighted by Crippen LogP contribution is 2.27. The van der Waals surface area contributed by atoms with E-state index >= 15 is 0 Å². The van der Waals surface area contributed by atoms with Crippen LogP contribution in [0.4, 0.5) is 0 Å². The minimum absolute atomic E-state index is 0. The van der Waals surface area contributed by atoms with E-state index < -0.39 is 31.3 Å². The zero-order valence-electron chi connectivity index (χ0n) is 43.4. The average molecular weight is 1080 g/mol. The van der Waals surface area contributed by atoms with Crippen molar-refractivity contribution in [3.63, 3.8) is 0 Å². The molecule has 428 valence electrons. The van der Waals surface area contributed by atoms with E-state index in [-0.39, 0.29) is 18.4 Å². The van der Waals surface area contributed by atoms with Gasteiger partial charge in [-0.1, -0.05) is 299 Å². The number of rotatable bonds is 37. The summed E-state index contributed by atoms with van der Waals surface area (Å²) in [5.74, 6) is 0. The Balaban J connectivity index is -0.0000000835. The lowest BCUT2D eigenvalue weighted by Crippen LogP contribution is -1.84. The quantitative estimate of drug-likeness (QED) is 0.0203. The minimum atomic E-state index is -4.64. The Morgan fingerprint density at radius 3 is 0.294 bits per heavy atom. The van der Waals surface area contributed by atoms with Crippen molar-refractivity contribution >= 4 is 31.3 Å². The van der Waals surface area contributed by atoms with Crippen molar-refractivity contribution in [2.75, 3.05) is 0 Å². The predicted molar refractivity (Wildman–Crippen MR) is 285 cm³/mol. The number of hydrogen-bond acceptors (Lipinski definition) is 4. The zero-order valence-corrected chi connectivity index (χ0v) is 46.9. The van der Waals surface area contributed by atoms with Crippen molar-refractivity contribution in [2.24, 2.45) is 0 Å². The molecule has 0 aromatic carbocycles. The molecule has 0 rings (SSSR count). The van der Waals surface area contributed by atoms with Gasteiger partial charge in [0.1, 0.15) is 0 Å². The normalized spacial score (nSPS) is 10.6.